The molecule has 0 radical (unpaired) electrons. The van der Waals surface area contributed by atoms with E-state index >= 15 is 0 Å². The van der Waals surface area contributed by atoms with E-state index in [9.17, 15) is 19.0 Å². The van der Waals surface area contributed by atoms with Gasteiger partial charge < -0.3 is 10.2 Å². The Morgan fingerprint density at radius 2 is 1.94 bits per heavy atom. The van der Waals surface area contributed by atoms with Gasteiger partial charge in [-0.15, -0.1) is 0 Å². The fourth-order valence-corrected chi connectivity index (χ4v) is 2.07. The van der Waals surface area contributed by atoms with Gasteiger partial charge in [0.2, 0.25) is 0 Å². The highest BCUT2D eigenvalue weighted by atomic mass is 19.3. The molecule has 0 amide bonds. The van der Waals surface area contributed by atoms with Crippen LogP contribution in [0.1, 0.15) is 36.5 Å². The number of phenols is 1. The first kappa shape index (κ1) is 12.0. The number of halogens is 2. The summed E-state index contributed by atoms with van der Waals surface area (Å²) < 4.78 is 27.6. The van der Waals surface area contributed by atoms with Gasteiger partial charge in [-0.05, 0) is 35.3 Å². The van der Waals surface area contributed by atoms with Crippen LogP contribution in [0.25, 0.3) is 6.08 Å². The van der Waals surface area contributed by atoms with Gasteiger partial charge in [0.05, 0.1) is 0 Å². The van der Waals surface area contributed by atoms with E-state index in [0.717, 1.165) is 12.1 Å². The first-order valence-electron chi connectivity index (χ1n) is 5.45. The zero-order valence-corrected chi connectivity index (χ0v) is 9.61. The number of phenolic OH excluding ortho intramolecular Hbond substituents is 1. The topological polar surface area (TPSA) is 40.5 Å². The average molecular weight is 240 g/mol. The van der Waals surface area contributed by atoms with Crippen LogP contribution in [-0.2, 0) is 5.92 Å². The molecule has 1 aromatic carbocycles. The van der Waals surface area contributed by atoms with Crippen LogP contribution in [0.3, 0.4) is 0 Å². The Bertz CT molecular complexity index is 479. The van der Waals surface area contributed by atoms with Crippen molar-refractivity contribution in [2.24, 2.45) is 0 Å². The van der Waals surface area contributed by atoms with Crippen molar-refractivity contribution in [2.45, 2.75) is 31.8 Å². The van der Waals surface area contributed by atoms with E-state index in [1.54, 1.807) is 0 Å². The standard InChI is InChI=1S/C13H14F2O2/c1-7(2)10-5-8(16)6-11-9(10)3-4-12(17)13(11,14)15/h3-7,12,16-17H,1-2H3. The molecule has 1 aliphatic carbocycles. The van der Waals surface area contributed by atoms with Crippen molar-refractivity contribution in [3.05, 3.63) is 34.9 Å². The van der Waals surface area contributed by atoms with Crippen molar-refractivity contribution in [2.75, 3.05) is 0 Å². The number of aliphatic hydroxyl groups excluding tert-OH is 1. The van der Waals surface area contributed by atoms with E-state index in [4.69, 9.17) is 0 Å². The van der Waals surface area contributed by atoms with E-state index in [1.807, 2.05) is 13.8 Å². The Balaban J connectivity index is 2.71. The van der Waals surface area contributed by atoms with Crippen LogP contribution in [0.15, 0.2) is 18.2 Å². The summed E-state index contributed by atoms with van der Waals surface area (Å²) in [5, 5.41) is 18.8. The first-order valence-corrected chi connectivity index (χ1v) is 5.45. The summed E-state index contributed by atoms with van der Waals surface area (Å²) in [5.74, 6) is -3.53. The molecule has 4 heteroatoms. The minimum atomic E-state index is -3.35. The first-order chi connectivity index (χ1) is 7.84. The summed E-state index contributed by atoms with van der Waals surface area (Å²) in [6.45, 7) is 3.73. The summed E-state index contributed by atoms with van der Waals surface area (Å²) >= 11 is 0. The number of aliphatic hydroxyl groups is 1. The Morgan fingerprint density at radius 3 is 2.53 bits per heavy atom. The molecule has 1 unspecified atom stereocenters. The number of alkyl halides is 2. The maximum Gasteiger partial charge on any atom is 0.302 e. The molecule has 0 aliphatic heterocycles. The highest BCUT2D eigenvalue weighted by Gasteiger charge is 2.43. The summed E-state index contributed by atoms with van der Waals surface area (Å²) in [6, 6.07) is 2.51. The fraction of sp³-hybridized carbons (Fsp3) is 0.385. The number of hydrogen-bond acceptors (Lipinski definition) is 2. The van der Waals surface area contributed by atoms with E-state index in [1.165, 1.54) is 12.1 Å². The molecule has 1 aliphatic rings. The lowest BCUT2D eigenvalue weighted by atomic mass is 9.85. The molecule has 0 heterocycles. The largest absolute Gasteiger partial charge is 0.508 e. The zero-order valence-electron chi connectivity index (χ0n) is 9.61. The molecule has 2 nitrogen and oxygen atoms in total. The predicted molar refractivity (Wildman–Crippen MR) is 61.1 cm³/mol. The number of fused-ring (bicyclic) bond motifs is 1. The smallest absolute Gasteiger partial charge is 0.302 e. The predicted octanol–water partition coefficient (Wildman–Crippen LogP) is 3.00. The summed E-state index contributed by atoms with van der Waals surface area (Å²) in [4.78, 5) is 0. The minimum absolute atomic E-state index is 0.0199. The monoisotopic (exact) mass is 240 g/mol. The number of benzene rings is 1. The molecular formula is C13H14F2O2. The molecule has 0 spiro atoms. The lowest BCUT2D eigenvalue weighted by molar-refractivity contribution is -0.0941. The van der Waals surface area contributed by atoms with Crippen LogP contribution in [0.2, 0.25) is 0 Å². The van der Waals surface area contributed by atoms with Gasteiger partial charge in [0.25, 0.3) is 0 Å². The minimum Gasteiger partial charge on any atom is -0.508 e. The molecular weight excluding hydrogens is 226 g/mol. The van der Waals surface area contributed by atoms with Gasteiger partial charge in [0, 0.05) is 5.56 Å². The number of hydrogen-bond donors (Lipinski definition) is 2. The van der Waals surface area contributed by atoms with Gasteiger partial charge in [0.15, 0.2) is 0 Å². The Kier molecular flexibility index (Phi) is 2.70. The fourth-order valence-electron chi connectivity index (χ4n) is 2.07. The third-order valence-electron chi connectivity index (χ3n) is 2.99. The average Bonchev–Trinajstić information content (AvgIpc) is 2.23. The highest BCUT2D eigenvalue weighted by Crippen LogP contribution is 2.43. The van der Waals surface area contributed by atoms with Crippen LogP contribution in [0.5, 0.6) is 5.75 Å². The molecule has 2 N–H and O–H groups in total. The lowest BCUT2D eigenvalue weighted by Crippen LogP contribution is -2.32. The molecule has 0 saturated heterocycles. The summed E-state index contributed by atoms with van der Waals surface area (Å²) in [6.07, 6.45) is 0.745. The van der Waals surface area contributed by atoms with E-state index in [2.05, 4.69) is 0 Å². The normalized spacial score (nSPS) is 21.6. The van der Waals surface area contributed by atoms with Gasteiger partial charge in [0.1, 0.15) is 11.9 Å². The van der Waals surface area contributed by atoms with E-state index < -0.39 is 12.0 Å². The van der Waals surface area contributed by atoms with Gasteiger partial charge in [-0.1, -0.05) is 19.9 Å². The van der Waals surface area contributed by atoms with Crippen molar-refractivity contribution in [1.29, 1.82) is 0 Å². The molecule has 1 atom stereocenters. The quantitative estimate of drug-likeness (QED) is 0.792. The number of rotatable bonds is 1. The molecule has 0 saturated carbocycles. The van der Waals surface area contributed by atoms with Gasteiger partial charge >= 0.3 is 5.92 Å². The Hall–Kier alpha value is -1.42. The van der Waals surface area contributed by atoms with Crippen LogP contribution in [-0.4, -0.2) is 16.3 Å². The van der Waals surface area contributed by atoms with Crippen LogP contribution in [0, 0.1) is 0 Å². The molecule has 2 rings (SSSR count). The van der Waals surface area contributed by atoms with Crippen molar-refractivity contribution < 1.29 is 19.0 Å². The Labute approximate surface area is 98.2 Å². The molecule has 0 aromatic heterocycles. The maximum absolute atomic E-state index is 13.8. The molecule has 1 aromatic rings. The second kappa shape index (κ2) is 3.81. The van der Waals surface area contributed by atoms with Crippen LogP contribution >= 0.6 is 0 Å². The molecule has 17 heavy (non-hydrogen) atoms. The second-order valence-corrected chi connectivity index (χ2v) is 4.58. The summed E-state index contributed by atoms with van der Waals surface area (Å²) in [5.41, 5.74) is 0.743. The molecule has 0 fully saturated rings. The zero-order chi connectivity index (χ0) is 12.8. The van der Waals surface area contributed by atoms with E-state index in [-0.39, 0.29) is 17.2 Å². The highest BCUT2D eigenvalue weighted by molar-refractivity contribution is 5.65. The van der Waals surface area contributed by atoms with Crippen molar-refractivity contribution >= 4 is 6.08 Å². The van der Waals surface area contributed by atoms with Crippen molar-refractivity contribution in [3.63, 3.8) is 0 Å². The van der Waals surface area contributed by atoms with Crippen molar-refractivity contribution in [1.82, 2.24) is 0 Å². The van der Waals surface area contributed by atoms with Crippen LogP contribution in [0.4, 0.5) is 8.78 Å². The summed E-state index contributed by atoms with van der Waals surface area (Å²) in [7, 11) is 0. The number of aromatic hydroxyl groups is 1. The third-order valence-corrected chi connectivity index (χ3v) is 2.99. The maximum atomic E-state index is 13.8. The van der Waals surface area contributed by atoms with E-state index in [0.29, 0.717) is 11.1 Å². The molecule has 92 valence electrons. The second-order valence-electron chi connectivity index (χ2n) is 4.58. The van der Waals surface area contributed by atoms with Gasteiger partial charge in [-0.2, -0.15) is 8.78 Å². The third kappa shape index (κ3) is 1.82. The lowest BCUT2D eigenvalue weighted by Gasteiger charge is -2.28. The van der Waals surface area contributed by atoms with Crippen molar-refractivity contribution in [3.8, 4) is 5.75 Å². The van der Waals surface area contributed by atoms with Gasteiger partial charge in [-0.25, -0.2) is 0 Å². The van der Waals surface area contributed by atoms with Gasteiger partial charge in [-0.3, -0.25) is 0 Å². The van der Waals surface area contributed by atoms with Crippen LogP contribution < -0.4 is 0 Å². The Morgan fingerprint density at radius 1 is 1.29 bits per heavy atom. The molecule has 0 bridgehead atoms. The SMILES string of the molecule is CC(C)c1cc(O)cc2c1C=CC(O)C2(F)F.